The van der Waals surface area contributed by atoms with E-state index in [9.17, 15) is 29.2 Å². The van der Waals surface area contributed by atoms with Crippen LogP contribution in [0.4, 0.5) is 0 Å². The van der Waals surface area contributed by atoms with Crippen LogP contribution in [0.1, 0.15) is 117 Å². The van der Waals surface area contributed by atoms with E-state index in [-0.39, 0.29) is 18.7 Å². The van der Waals surface area contributed by atoms with E-state index in [1.807, 2.05) is 21.1 Å². The SMILES string of the molecule is CC/C=C(\CC(=O)OC[C@@H](COC(=O)CCCCCCCCCCCCCCC)OP(=O)([O-])OCC[N+](C)(C)C)[N+](=O)[O-]. The first-order chi connectivity index (χ1) is 20.3. The minimum absolute atomic E-state index is 0.135. The molecule has 0 heterocycles. The number of quaternary nitrogens is 1. The third-order valence-corrected chi connectivity index (χ3v) is 7.69. The smallest absolute Gasteiger partial charge is 0.316 e. The summed E-state index contributed by atoms with van der Waals surface area (Å²) in [6, 6.07) is 0. The number of unbranched alkanes of at least 4 members (excludes halogenated alkanes) is 12. The molecule has 0 aliphatic rings. The molecule has 0 fully saturated rings. The average molecular weight is 637 g/mol. The van der Waals surface area contributed by atoms with Crippen molar-refractivity contribution in [3.05, 3.63) is 21.9 Å². The highest BCUT2D eigenvalue weighted by atomic mass is 31.2. The molecule has 0 spiro atoms. The van der Waals surface area contributed by atoms with Crippen LogP contribution in [0.5, 0.6) is 0 Å². The number of nitrogens with zero attached hydrogens (tertiary/aromatic N) is 2. The standard InChI is InChI=1S/C30H57N2O10P/c1-6-8-9-10-11-12-13-14-15-16-17-18-19-21-29(33)39-25-28(42-43(37,38)41-23-22-32(3,4)5)26-40-30(34)24-27(20-7-2)31(35)36/h20,28H,6-19,21-26H2,1-5H3/b27-20+/t28-/m1/s1. The molecule has 1 unspecified atom stereocenters. The number of carbonyl (C=O) groups is 2. The van der Waals surface area contributed by atoms with E-state index in [1.165, 1.54) is 63.9 Å². The van der Waals surface area contributed by atoms with Gasteiger partial charge < -0.3 is 27.9 Å². The first-order valence-electron chi connectivity index (χ1n) is 15.9. The van der Waals surface area contributed by atoms with E-state index >= 15 is 0 Å². The van der Waals surface area contributed by atoms with Crippen molar-refractivity contribution >= 4 is 19.8 Å². The molecule has 0 N–H and O–H groups in total. The van der Waals surface area contributed by atoms with Crippen LogP contribution in [0.15, 0.2) is 11.8 Å². The molecule has 12 nitrogen and oxygen atoms in total. The monoisotopic (exact) mass is 636 g/mol. The maximum absolute atomic E-state index is 12.4. The van der Waals surface area contributed by atoms with Gasteiger partial charge in [-0.1, -0.05) is 90.9 Å². The van der Waals surface area contributed by atoms with Crippen molar-refractivity contribution in [1.82, 2.24) is 0 Å². The fourth-order valence-corrected chi connectivity index (χ4v) is 4.98. The lowest BCUT2D eigenvalue weighted by molar-refractivity contribution is -0.870. The van der Waals surface area contributed by atoms with Gasteiger partial charge in [0, 0.05) is 6.42 Å². The third kappa shape index (κ3) is 26.3. The maximum atomic E-state index is 12.4. The predicted octanol–water partition coefficient (Wildman–Crippen LogP) is 6.09. The normalized spacial score (nSPS) is 14.2. The fourth-order valence-electron chi connectivity index (χ4n) is 4.13. The quantitative estimate of drug-likeness (QED) is 0.0246. The predicted molar refractivity (Wildman–Crippen MR) is 164 cm³/mol. The zero-order valence-corrected chi connectivity index (χ0v) is 28.1. The van der Waals surface area contributed by atoms with Gasteiger partial charge in [0.05, 0.1) is 26.1 Å². The van der Waals surface area contributed by atoms with Gasteiger partial charge in [0.25, 0.3) is 13.5 Å². The van der Waals surface area contributed by atoms with Crippen molar-refractivity contribution in [2.75, 3.05) is 47.5 Å². The molecule has 0 bridgehead atoms. The van der Waals surface area contributed by atoms with Crippen LogP contribution in [0, 0.1) is 10.1 Å². The number of carbonyl (C=O) groups excluding carboxylic acids is 2. The molecule has 0 amide bonds. The second kappa shape index (κ2) is 24.5. The molecule has 0 radical (unpaired) electrons. The van der Waals surface area contributed by atoms with Gasteiger partial charge in [0.1, 0.15) is 38.9 Å². The van der Waals surface area contributed by atoms with Gasteiger partial charge in [-0.05, 0) is 18.9 Å². The molecule has 2 atom stereocenters. The van der Waals surface area contributed by atoms with E-state index in [1.54, 1.807) is 6.92 Å². The van der Waals surface area contributed by atoms with Gasteiger partial charge >= 0.3 is 11.9 Å². The summed E-state index contributed by atoms with van der Waals surface area (Å²) in [6.07, 6.45) is 15.2. The second-order valence-corrected chi connectivity index (χ2v) is 13.3. The Bertz CT molecular complexity index is 860. The molecule has 0 saturated carbocycles. The van der Waals surface area contributed by atoms with Gasteiger partial charge in [-0.25, -0.2) is 0 Å². The summed E-state index contributed by atoms with van der Waals surface area (Å²) in [7, 11) is 0.777. The Morgan fingerprint density at radius 1 is 0.837 bits per heavy atom. The Morgan fingerprint density at radius 2 is 1.33 bits per heavy atom. The van der Waals surface area contributed by atoms with Crippen LogP contribution in [0.2, 0.25) is 0 Å². The van der Waals surface area contributed by atoms with E-state index in [4.69, 9.17) is 18.5 Å². The number of allylic oxidation sites excluding steroid dienone is 1. The topological polar surface area (TPSA) is 154 Å². The lowest BCUT2D eigenvalue weighted by Gasteiger charge is -2.29. The summed E-state index contributed by atoms with van der Waals surface area (Å²) in [5, 5.41) is 11.1. The number of esters is 2. The van der Waals surface area contributed by atoms with Crippen molar-refractivity contribution < 1.29 is 47.0 Å². The summed E-state index contributed by atoms with van der Waals surface area (Å²) in [5.74, 6) is -1.45. The molecule has 0 aliphatic heterocycles. The molecule has 252 valence electrons. The zero-order chi connectivity index (χ0) is 32.6. The largest absolute Gasteiger partial charge is 0.756 e. The summed E-state index contributed by atoms with van der Waals surface area (Å²) in [5.41, 5.74) is -0.327. The molecular weight excluding hydrogens is 579 g/mol. The lowest BCUT2D eigenvalue weighted by Crippen LogP contribution is -2.38. The van der Waals surface area contributed by atoms with Gasteiger partial charge in [0.2, 0.25) is 0 Å². The number of rotatable bonds is 28. The van der Waals surface area contributed by atoms with Crippen molar-refractivity contribution in [2.45, 2.75) is 123 Å². The first-order valence-corrected chi connectivity index (χ1v) is 17.3. The van der Waals surface area contributed by atoms with E-state index in [0.717, 1.165) is 19.3 Å². The number of phosphoric ester groups is 1. The fraction of sp³-hybridized carbons (Fsp3) is 0.867. The number of hydrogen-bond donors (Lipinski definition) is 0. The third-order valence-electron chi connectivity index (χ3n) is 6.63. The lowest BCUT2D eigenvalue weighted by atomic mass is 10.0. The van der Waals surface area contributed by atoms with Crippen molar-refractivity contribution in [2.24, 2.45) is 0 Å². The Balaban J connectivity index is 4.58. The molecule has 0 rings (SSSR count). The van der Waals surface area contributed by atoms with Crippen LogP contribution < -0.4 is 4.89 Å². The molecular formula is C30H57N2O10P. The maximum Gasteiger partial charge on any atom is 0.316 e. The van der Waals surface area contributed by atoms with Crippen LogP contribution >= 0.6 is 7.82 Å². The number of phosphoric acid groups is 1. The molecule has 43 heavy (non-hydrogen) atoms. The highest BCUT2D eigenvalue weighted by Gasteiger charge is 2.24. The summed E-state index contributed by atoms with van der Waals surface area (Å²) in [6.45, 7) is 3.09. The zero-order valence-electron chi connectivity index (χ0n) is 27.2. The van der Waals surface area contributed by atoms with Crippen LogP contribution in [-0.2, 0) is 32.7 Å². The summed E-state index contributed by atoms with van der Waals surface area (Å²) >= 11 is 0. The van der Waals surface area contributed by atoms with Crippen molar-refractivity contribution in [1.29, 1.82) is 0 Å². The number of likely N-dealkylation sites (N-methyl/N-ethyl adjacent to an activating group) is 1. The summed E-state index contributed by atoms with van der Waals surface area (Å²) < 4.78 is 33.0. The van der Waals surface area contributed by atoms with Crippen molar-refractivity contribution in [3.8, 4) is 0 Å². The van der Waals surface area contributed by atoms with Crippen LogP contribution in [0.25, 0.3) is 0 Å². The van der Waals surface area contributed by atoms with Crippen molar-refractivity contribution in [3.63, 3.8) is 0 Å². The molecule has 0 aromatic carbocycles. The highest BCUT2D eigenvalue weighted by molar-refractivity contribution is 7.45. The average Bonchev–Trinajstić information content (AvgIpc) is 2.91. The Labute approximate surface area is 258 Å². The van der Waals surface area contributed by atoms with Gasteiger partial charge in [-0.3, -0.25) is 24.3 Å². The highest BCUT2D eigenvalue weighted by Crippen LogP contribution is 2.40. The second-order valence-electron chi connectivity index (χ2n) is 11.9. The number of hydrogen-bond acceptors (Lipinski definition) is 10. The van der Waals surface area contributed by atoms with E-state index in [2.05, 4.69) is 6.92 Å². The van der Waals surface area contributed by atoms with Crippen LogP contribution in [-0.4, -0.2) is 75.0 Å². The molecule has 0 aromatic rings. The first kappa shape index (κ1) is 41.1. The minimum Gasteiger partial charge on any atom is -0.756 e. The summed E-state index contributed by atoms with van der Waals surface area (Å²) in [4.78, 5) is 47.2. The number of ether oxygens (including phenoxy) is 2. The Hall–Kier alpha value is -1.85. The minimum atomic E-state index is -4.82. The van der Waals surface area contributed by atoms with Gasteiger partial charge in [0.15, 0.2) is 0 Å². The molecule has 0 saturated heterocycles. The Kier molecular flexibility index (Phi) is 23.4. The van der Waals surface area contributed by atoms with E-state index < -0.39 is 50.4 Å². The molecule has 0 aromatic heterocycles. The Morgan fingerprint density at radius 3 is 1.79 bits per heavy atom. The molecule has 13 heteroatoms. The van der Waals surface area contributed by atoms with Gasteiger partial charge in [-0.15, -0.1) is 0 Å². The van der Waals surface area contributed by atoms with Crippen LogP contribution in [0.3, 0.4) is 0 Å². The number of nitro groups is 1. The van der Waals surface area contributed by atoms with E-state index in [0.29, 0.717) is 23.9 Å². The molecule has 0 aliphatic carbocycles. The van der Waals surface area contributed by atoms with Gasteiger partial charge in [-0.2, -0.15) is 0 Å².